The van der Waals surface area contributed by atoms with Crippen LogP contribution >= 0.6 is 11.6 Å². The van der Waals surface area contributed by atoms with Crippen molar-refractivity contribution in [1.29, 1.82) is 0 Å². The summed E-state index contributed by atoms with van der Waals surface area (Å²) in [6.07, 6.45) is 2.57. The predicted molar refractivity (Wildman–Crippen MR) is 126 cm³/mol. The first-order valence-corrected chi connectivity index (χ1v) is 12.2. The normalized spacial score (nSPS) is 23.6. The van der Waals surface area contributed by atoms with Crippen LogP contribution in [0.3, 0.4) is 0 Å². The molecule has 4 aliphatic rings. The van der Waals surface area contributed by atoms with E-state index in [0.29, 0.717) is 25.1 Å². The van der Waals surface area contributed by atoms with Crippen molar-refractivity contribution in [2.45, 2.75) is 50.2 Å². The molecule has 0 aromatic heterocycles. The monoisotopic (exact) mass is 479 g/mol. The van der Waals surface area contributed by atoms with E-state index in [4.69, 9.17) is 16.3 Å². The highest BCUT2D eigenvalue weighted by Crippen LogP contribution is 2.49. The van der Waals surface area contributed by atoms with Crippen LogP contribution in [0.1, 0.15) is 52.7 Å². The maximum Gasteiger partial charge on any atom is 0.255 e. The van der Waals surface area contributed by atoms with Gasteiger partial charge in [-0.15, -0.1) is 0 Å². The molecule has 34 heavy (non-hydrogen) atoms. The zero-order chi connectivity index (χ0) is 23.4. The van der Waals surface area contributed by atoms with Crippen LogP contribution in [0.5, 0.6) is 5.75 Å². The lowest BCUT2D eigenvalue weighted by atomic mass is 9.74. The number of rotatable bonds is 3. The molecule has 3 amide bonds. The minimum Gasteiger partial charge on any atom is -0.492 e. The molecule has 4 heterocycles. The van der Waals surface area contributed by atoms with Crippen molar-refractivity contribution in [2.24, 2.45) is 0 Å². The largest absolute Gasteiger partial charge is 0.492 e. The summed E-state index contributed by atoms with van der Waals surface area (Å²) in [6.45, 7) is 3.70. The number of imide groups is 1. The van der Waals surface area contributed by atoms with Gasteiger partial charge in [0.25, 0.3) is 5.91 Å². The van der Waals surface area contributed by atoms with Gasteiger partial charge < -0.3 is 9.64 Å². The van der Waals surface area contributed by atoms with E-state index in [1.807, 2.05) is 24.3 Å². The van der Waals surface area contributed by atoms with Crippen LogP contribution in [-0.4, -0.2) is 53.3 Å². The van der Waals surface area contributed by atoms with Gasteiger partial charge in [0.05, 0.1) is 13.2 Å². The average molecular weight is 480 g/mol. The van der Waals surface area contributed by atoms with Crippen LogP contribution in [0, 0.1) is 0 Å². The maximum atomic E-state index is 13.1. The second-order valence-electron chi connectivity index (χ2n) is 9.80. The number of likely N-dealkylation sites (tertiary alicyclic amines) is 1. The molecule has 1 atom stereocenters. The standard InChI is InChI=1S/C26H26ClN3O4/c27-20-4-2-1-3-16(20)13-29-11-9-26(10-12-29)15-34-23-18-14-30(21-7-8-22(31)28-24(21)32)25(33)17(18)5-6-19(23)26/h1-6,21H,7-15H2,(H,28,31,32). The van der Waals surface area contributed by atoms with Crippen LogP contribution < -0.4 is 10.1 Å². The smallest absolute Gasteiger partial charge is 0.255 e. The van der Waals surface area contributed by atoms with Gasteiger partial charge in [-0.3, -0.25) is 24.6 Å². The lowest BCUT2D eigenvalue weighted by molar-refractivity contribution is -0.136. The number of nitrogens with zero attached hydrogens (tertiary/aromatic N) is 2. The summed E-state index contributed by atoms with van der Waals surface area (Å²) in [5.41, 5.74) is 3.76. The van der Waals surface area contributed by atoms with E-state index in [-0.39, 0.29) is 23.7 Å². The summed E-state index contributed by atoms with van der Waals surface area (Å²) < 4.78 is 6.26. The van der Waals surface area contributed by atoms with Gasteiger partial charge in [-0.1, -0.05) is 35.9 Å². The summed E-state index contributed by atoms with van der Waals surface area (Å²) >= 11 is 6.36. The second kappa shape index (κ2) is 8.10. The second-order valence-corrected chi connectivity index (χ2v) is 10.2. The summed E-state index contributed by atoms with van der Waals surface area (Å²) in [7, 11) is 0. The van der Waals surface area contributed by atoms with E-state index < -0.39 is 11.9 Å². The molecule has 0 aliphatic carbocycles. The van der Waals surface area contributed by atoms with E-state index in [1.165, 1.54) is 5.56 Å². The first-order chi connectivity index (χ1) is 16.4. The van der Waals surface area contributed by atoms with Crippen molar-refractivity contribution in [3.8, 4) is 5.75 Å². The Morgan fingerprint density at radius 3 is 2.65 bits per heavy atom. The molecule has 2 aromatic rings. The van der Waals surface area contributed by atoms with Crippen LogP contribution in [0.2, 0.25) is 5.02 Å². The van der Waals surface area contributed by atoms with Gasteiger partial charge >= 0.3 is 0 Å². The fourth-order valence-corrected chi connectivity index (χ4v) is 6.10. The number of fused-ring (bicyclic) bond motifs is 4. The van der Waals surface area contributed by atoms with E-state index in [2.05, 4.69) is 22.3 Å². The van der Waals surface area contributed by atoms with Gasteiger partial charge in [0.2, 0.25) is 11.8 Å². The molecule has 0 bridgehead atoms. The van der Waals surface area contributed by atoms with Gasteiger partial charge in [0.1, 0.15) is 11.8 Å². The van der Waals surface area contributed by atoms with E-state index in [9.17, 15) is 14.4 Å². The lowest BCUT2D eigenvalue weighted by Gasteiger charge is -2.38. The maximum absolute atomic E-state index is 13.1. The number of ether oxygens (including phenoxy) is 1. The minimum atomic E-state index is -0.614. The van der Waals surface area contributed by atoms with Crippen LogP contribution in [-0.2, 0) is 28.1 Å². The number of nitrogens with one attached hydrogen (secondary N) is 1. The number of hydrogen-bond acceptors (Lipinski definition) is 5. The van der Waals surface area contributed by atoms with Crippen LogP contribution in [0.4, 0.5) is 0 Å². The van der Waals surface area contributed by atoms with Gasteiger partial charge in [0, 0.05) is 40.1 Å². The molecule has 1 unspecified atom stereocenters. The van der Waals surface area contributed by atoms with Crippen molar-refractivity contribution in [1.82, 2.24) is 15.1 Å². The minimum absolute atomic E-state index is 0.0492. The van der Waals surface area contributed by atoms with Crippen molar-refractivity contribution in [3.05, 3.63) is 63.7 Å². The molecule has 1 spiro atoms. The van der Waals surface area contributed by atoms with Gasteiger partial charge in [-0.2, -0.15) is 0 Å². The Kier molecular flexibility index (Phi) is 5.15. The van der Waals surface area contributed by atoms with Crippen molar-refractivity contribution >= 4 is 29.3 Å². The number of hydrogen-bond donors (Lipinski definition) is 1. The van der Waals surface area contributed by atoms with E-state index >= 15 is 0 Å². The van der Waals surface area contributed by atoms with Gasteiger partial charge in [0.15, 0.2) is 0 Å². The number of piperidine rings is 2. The van der Waals surface area contributed by atoms with Crippen LogP contribution in [0.25, 0.3) is 0 Å². The molecular weight excluding hydrogens is 454 g/mol. The molecule has 0 radical (unpaired) electrons. The molecule has 2 aromatic carbocycles. The molecule has 7 nitrogen and oxygen atoms in total. The highest BCUT2D eigenvalue weighted by molar-refractivity contribution is 6.31. The Bertz CT molecular complexity index is 1200. The Labute approximate surface area is 203 Å². The molecular formula is C26H26ClN3O4. The van der Waals surface area contributed by atoms with Gasteiger partial charge in [-0.05, 0) is 50.0 Å². The Morgan fingerprint density at radius 2 is 1.88 bits per heavy atom. The Morgan fingerprint density at radius 1 is 1.09 bits per heavy atom. The highest BCUT2D eigenvalue weighted by Gasteiger charge is 2.47. The average Bonchev–Trinajstić information content (AvgIpc) is 3.35. The van der Waals surface area contributed by atoms with Crippen molar-refractivity contribution < 1.29 is 19.1 Å². The molecule has 8 heteroatoms. The molecule has 4 aliphatic heterocycles. The third-order valence-electron chi connectivity index (χ3n) is 7.90. The first kappa shape index (κ1) is 21.6. The fourth-order valence-electron chi connectivity index (χ4n) is 5.90. The summed E-state index contributed by atoms with van der Waals surface area (Å²) in [5, 5.41) is 3.17. The number of benzene rings is 2. The predicted octanol–water partition coefficient (Wildman–Crippen LogP) is 3.03. The zero-order valence-corrected chi connectivity index (χ0v) is 19.6. The summed E-state index contributed by atoms with van der Waals surface area (Å²) in [4.78, 5) is 41.1. The van der Waals surface area contributed by atoms with Crippen molar-refractivity contribution in [2.75, 3.05) is 19.7 Å². The Balaban J connectivity index is 1.20. The van der Waals surface area contributed by atoms with E-state index in [0.717, 1.165) is 54.4 Å². The fraction of sp³-hybridized carbons (Fsp3) is 0.423. The number of amides is 3. The lowest BCUT2D eigenvalue weighted by Crippen LogP contribution is -2.52. The zero-order valence-electron chi connectivity index (χ0n) is 18.8. The van der Waals surface area contributed by atoms with Gasteiger partial charge in [-0.25, -0.2) is 0 Å². The van der Waals surface area contributed by atoms with Crippen molar-refractivity contribution in [3.63, 3.8) is 0 Å². The topological polar surface area (TPSA) is 79.0 Å². The highest BCUT2D eigenvalue weighted by atomic mass is 35.5. The summed E-state index contributed by atoms with van der Waals surface area (Å²) in [6, 6.07) is 11.3. The number of carbonyl (C=O) groups is 3. The third-order valence-corrected chi connectivity index (χ3v) is 8.26. The van der Waals surface area contributed by atoms with Crippen LogP contribution in [0.15, 0.2) is 36.4 Å². The molecule has 1 N–H and O–H groups in total. The Hall–Kier alpha value is -2.90. The number of halogens is 1. The summed E-state index contributed by atoms with van der Waals surface area (Å²) in [5.74, 6) is -0.0126. The molecule has 176 valence electrons. The number of carbonyl (C=O) groups excluding carboxylic acids is 3. The molecule has 2 fully saturated rings. The molecule has 0 saturated carbocycles. The third kappa shape index (κ3) is 3.41. The molecule has 2 saturated heterocycles. The quantitative estimate of drug-likeness (QED) is 0.685. The van der Waals surface area contributed by atoms with E-state index in [1.54, 1.807) is 4.90 Å². The SMILES string of the molecule is O=C1CCC(N2Cc3c(ccc4c3OCC43CCN(Cc4ccccc4Cl)CC3)C2=O)C(=O)N1. The first-order valence-electron chi connectivity index (χ1n) is 11.8. The molecule has 6 rings (SSSR count).